The van der Waals surface area contributed by atoms with Crippen molar-refractivity contribution in [3.8, 4) is 0 Å². The molecule has 0 saturated carbocycles. The summed E-state index contributed by atoms with van der Waals surface area (Å²) in [6.07, 6.45) is -0.710. The van der Waals surface area contributed by atoms with Gasteiger partial charge in [-0.25, -0.2) is 12.8 Å². The molecule has 2 N–H and O–H groups in total. The van der Waals surface area contributed by atoms with Gasteiger partial charge in [0.1, 0.15) is 16.8 Å². The Morgan fingerprint density at radius 3 is 2.57 bits per heavy atom. The number of halogens is 1. The summed E-state index contributed by atoms with van der Waals surface area (Å²) >= 11 is 0. The van der Waals surface area contributed by atoms with Gasteiger partial charge >= 0.3 is 11.9 Å². The highest BCUT2D eigenvalue weighted by molar-refractivity contribution is 7.89. The second-order valence-electron chi connectivity index (χ2n) is 4.23. The van der Waals surface area contributed by atoms with Crippen LogP contribution in [0.15, 0.2) is 23.1 Å². The van der Waals surface area contributed by atoms with Gasteiger partial charge in [0.2, 0.25) is 10.0 Å². The van der Waals surface area contributed by atoms with Gasteiger partial charge in [-0.15, -0.1) is 0 Å². The maximum absolute atomic E-state index is 13.6. The van der Waals surface area contributed by atoms with E-state index in [0.29, 0.717) is 5.56 Å². The second kappa shape index (κ2) is 6.64. The number of esters is 1. The van der Waals surface area contributed by atoms with Crippen LogP contribution in [0.3, 0.4) is 0 Å². The van der Waals surface area contributed by atoms with E-state index in [-0.39, 0.29) is 0 Å². The summed E-state index contributed by atoms with van der Waals surface area (Å²) in [5, 5.41) is 8.92. The summed E-state index contributed by atoms with van der Waals surface area (Å²) in [5.41, 5.74) is 0.483. The van der Waals surface area contributed by atoms with Gasteiger partial charge in [-0.3, -0.25) is 9.59 Å². The molecule has 0 heterocycles. The molecule has 0 saturated heterocycles. The van der Waals surface area contributed by atoms with Crippen molar-refractivity contribution in [2.75, 3.05) is 7.11 Å². The molecule has 0 fully saturated rings. The smallest absolute Gasteiger partial charge is 0.322 e. The van der Waals surface area contributed by atoms with Crippen molar-refractivity contribution in [2.45, 2.75) is 24.3 Å². The summed E-state index contributed by atoms with van der Waals surface area (Å²) in [7, 11) is -3.39. The van der Waals surface area contributed by atoms with Crippen molar-refractivity contribution >= 4 is 22.0 Å². The summed E-state index contributed by atoms with van der Waals surface area (Å²) in [4.78, 5) is 21.4. The largest absolute Gasteiger partial charge is 0.480 e. The van der Waals surface area contributed by atoms with E-state index in [2.05, 4.69) is 4.74 Å². The normalized spacial score (nSPS) is 12.7. The first-order valence-electron chi connectivity index (χ1n) is 5.75. The molecule has 0 amide bonds. The van der Waals surface area contributed by atoms with Crippen molar-refractivity contribution in [1.29, 1.82) is 0 Å². The fourth-order valence-corrected chi connectivity index (χ4v) is 2.85. The molecule has 0 spiro atoms. The van der Waals surface area contributed by atoms with Crippen molar-refractivity contribution < 1.29 is 32.2 Å². The number of carbonyl (C=O) groups excluding carboxylic acids is 1. The van der Waals surface area contributed by atoms with Crippen LogP contribution in [0, 0.1) is 12.7 Å². The summed E-state index contributed by atoms with van der Waals surface area (Å²) in [6.45, 7) is 1.56. The topological polar surface area (TPSA) is 110 Å². The Morgan fingerprint density at radius 2 is 2.05 bits per heavy atom. The SMILES string of the molecule is COC(=O)C[C@H](NS(=O)(=O)c1cc(C)ccc1F)C(=O)O. The van der Waals surface area contributed by atoms with Crippen molar-refractivity contribution in [2.24, 2.45) is 0 Å². The van der Waals surface area contributed by atoms with Crippen LogP contribution >= 0.6 is 0 Å². The molecule has 0 unspecified atom stereocenters. The zero-order chi connectivity index (χ0) is 16.2. The Labute approximate surface area is 120 Å². The average Bonchev–Trinajstić information content (AvgIpc) is 2.40. The van der Waals surface area contributed by atoms with E-state index < -0.39 is 45.1 Å². The predicted octanol–water partition coefficient (Wildman–Crippen LogP) is 0.429. The summed E-state index contributed by atoms with van der Waals surface area (Å²) in [5.74, 6) is -3.50. The third kappa shape index (κ3) is 4.50. The van der Waals surface area contributed by atoms with Gasteiger partial charge in [0, 0.05) is 0 Å². The van der Waals surface area contributed by atoms with Crippen molar-refractivity contribution in [1.82, 2.24) is 4.72 Å². The fraction of sp³-hybridized carbons (Fsp3) is 0.333. The lowest BCUT2D eigenvalue weighted by molar-refractivity contribution is -0.147. The lowest BCUT2D eigenvalue weighted by Gasteiger charge is -2.14. The molecule has 0 aliphatic heterocycles. The van der Waals surface area contributed by atoms with Gasteiger partial charge in [-0.2, -0.15) is 4.72 Å². The Balaban J connectivity index is 3.09. The Bertz CT molecular complexity index is 658. The molecule has 1 rings (SSSR count). The van der Waals surface area contributed by atoms with Gasteiger partial charge < -0.3 is 9.84 Å². The first-order chi connectivity index (χ1) is 9.67. The number of sulfonamides is 1. The number of hydrogen-bond acceptors (Lipinski definition) is 5. The van der Waals surface area contributed by atoms with Gasteiger partial charge in [0.25, 0.3) is 0 Å². The lowest BCUT2D eigenvalue weighted by Crippen LogP contribution is -2.42. The molecular weight excluding hydrogens is 305 g/mol. The Morgan fingerprint density at radius 1 is 1.43 bits per heavy atom. The maximum Gasteiger partial charge on any atom is 0.322 e. The minimum Gasteiger partial charge on any atom is -0.480 e. The van der Waals surface area contributed by atoms with Crippen LogP contribution < -0.4 is 4.72 Å². The van der Waals surface area contributed by atoms with Gasteiger partial charge in [-0.05, 0) is 24.6 Å². The van der Waals surface area contributed by atoms with Crippen LogP contribution in [0.4, 0.5) is 4.39 Å². The van der Waals surface area contributed by atoms with E-state index in [0.717, 1.165) is 19.2 Å². The minimum absolute atomic E-state index is 0.483. The number of hydrogen-bond donors (Lipinski definition) is 2. The standard InChI is InChI=1S/C12H14FNO6S/c1-7-3-4-8(13)10(5-7)21(18,19)14-9(12(16)17)6-11(15)20-2/h3-5,9,14H,6H2,1-2H3,(H,16,17)/t9-/m0/s1. The number of carboxylic acids is 1. The van der Waals surface area contributed by atoms with Crippen LogP contribution in [0.5, 0.6) is 0 Å². The molecule has 0 aliphatic carbocycles. The maximum atomic E-state index is 13.6. The van der Waals surface area contributed by atoms with E-state index in [1.165, 1.54) is 6.07 Å². The predicted molar refractivity (Wildman–Crippen MR) is 69.5 cm³/mol. The highest BCUT2D eigenvalue weighted by atomic mass is 32.2. The van der Waals surface area contributed by atoms with Crippen molar-refractivity contribution in [3.05, 3.63) is 29.6 Å². The van der Waals surface area contributed by atoms with Crippen LogP contribution in [0.2, 0.25) is 0 Å². The molecular formula is C12H14FNO6S. The van der Waals surface area contributed by atoms with E-state index in [1.807, 2.05) is 0 Å². The van der Waals surface area contributed by atoms with Crippen LogP contribution in [-0.2, 0) is 24.3 Å². The number of carboxylic acid groups (broad SMARTS) is 1. The van der Waals surface area contributed by atoms with Crippen molar-refractivity contribution in [3.63, 3.8) is 0 Å². The minimum atomic E-state index is -4.43. The van der Waals surface area contributed by atoms with Gasteiger partial charge in [-0.1, -0.05) is 6.07 Å². The molecule has 9 heteroatoms. The van der Waals surface area contributed by atoms with E-state index in [9.17, 15) is 22.4 Å². The first-order valence-corrected chi connectivity index (χ1v) is 7.24. The van der Waals surface area contributed by atoms with Gasteiger partial charge in [0.05, 0.1) is 13.5 Å². The fourth-order valence-electron chi connectivity index (χ4n) is 1.50. The zero-order valence-corrected chi connectivity index (χ0v) is 12.1. The number of benzene rings is 1. The molecule has 1 atom stereocenters. The number of aliphatic carboxylic acids is 1. The molecule has 7 nitrogen and oxygen atoms in total. The monoisotopic (exact) mass is 319 g/mol. The molecule has 0 aromatic heterocycles. The number of nitrogens with one attached hydrogen (secondary N) is 1. The summed E-state index contributed by atoms with van der Waals surface area (Å²) in [6, 6.07) is 1.65. The van der Waals surface area contributed by atoms with E-state index in [1.54, 1.807) is 11.6 Å². The molecule has 0 radical (unpaired) electrons. The summed E-state index contributed by atoms with van der Waals surface area (Å²) < 4.78 is 43.7. The van der Waals surface area contributed by atoms with E-state index >= 15 is 0 Å². The molecule has 1 aromatic carbocycles. The quantitative estimate of drug-likeness (QED) is 0.736. The Kier molecular flexibility index (Phi) is 5.39. The molecule has 0 bridgehead atoms. The third-order valence-corrected chi connectivity index (χ3v) is 4.06. The second-order valence-corrected chi connectivity index (χ2v) is 5.91. The first kappa shape index (κ1) is 17.1. The number of rotatable bonds is 6. The number of carbonyl (C=O) groups is 2. The van der Waals surface area contributed by atoms with Gasteiger partial charge in [0.15, 0.2) is 0 Å². The molecule has 1 aromatic rings. The number of methoxy groups -OCH3 is 1. The lowest BCUT2D eigenvalue weighted by atomic mass is 10.2. The average molecular weight is 319 g/mol. The highest BCUT2D eigenvalue weighted by Gasteiger charge is 2.29. The number of ether oxygens (including phenoxy) is 1. The number of aryl methyl sites for hydroxylation is 1. The Hall–Kier alpha value is -2.00. The molecule has 21 heavy (non-hydrogen) atoms. The van der Waals surface area contributed by atoms with Crippen LogP contribution in [0.25, 0.3) is 0 Å². The van der Waals surface area contributed by atoms with Crippen LogP contribution in [0.1, 0.15) is 12.0 Å². The highest BCUT2D eigenvalue weighted by Crippen LogP contribution is 2.16. The molecule has 116 valence electrons. The third-order valence-electron chi connectivity index (χ3n) is 2.57. The van der Waals surface area contributed by atoms with E-state index in [4.69, 9.17) is 5.11 Å². The van der Waals surface area contributed by atoms with Crippen LogP contribution in [-0.4, -0.2) is 38.6 Å². The molecule has 0 aliphatic rings. The zero-order valence-electron chi connectivity index (χ0n) is 11.3.